The Morgan fingerprint density at radius 2 is 2.00 bits per heavy atom. The summed E-state index contributed by atoms with van der Waals surface area (Å²) in [5, 5.41) is 18.7. The Morgan fingerprint density at radius 3 is 2.56 bits per heavy atom. The van der Waals surface area contributed by atoms with E-state index < -0.39 is 5.97 Å². The number of aromatic nitrogens is 1. The fourth-order valence-corrected chi connectivity index (χ4v) is 1.61. The minimum absolute atomic E-state index is 0.0732. The van der Waals surface area contributed by atoms with Crippen LogP contribution in [0.15, 0.2) is 24.4 Å². The van der Waals surface area contributed by atoms with Crippen molar-refractivity contribution in [2.24, 2.45) is 0 Å². The summed E-state index contributed by atoms with van der Waals surface area (Å²) in [5.74, 6) is -1.42. The van der Waals surface area contributed by atoms with Crippen LogP contribution >= 0.6 is 0 Å². The van der Waals surface area contributed by atoms with Crippen LogP contribution in [0.5, 0.6) is 5.75 Å². The van der Waals surface area contributed by atoms with E-state index in [-0.39, 0.29) is 17.2 Å². The summed E-state index contributed by atoms with van der Waals surface area (Å²) in [7, 11) is 0. The number of carbonyl (C=O) groups excluding carboxylic acids is 1. The van der Waals surface area contributed by atoms with E-state index in [2.05, 4.69) is 0 Å². The second-order valence-corrected chi connectivity index (χ2v) is 3.44. The van der Waals surface area contributed by atoms with Gasteiger partial charge in [-0.25, -0.2) is 4.79 Å². The van der Waals surface area contributed by atoms with E-state index in [1.807, 2.05) is 0 Å². The lowest BCUT2D eigenvalue weighted by Gasteiger charge is -1.99. The molecular weight excluding hydrogens is 210 g/mol. The highest BCUT2D eigenvalue weighted by Crippen LogP contribution is 2.27. The van der Waals surface area contributed by atoms with Gasteiger partial charge in [0.05, 0.1) is 17.3 Å². The molecule has 2 aromatic rings. The van der Waals surface area contributed by atoms with Crippen LogP contribution in [-0.4, -0.2) is 26.7 Å². The van der Waals surface area contributed by atoms with E-state index in [0.717, 1.165) is 0 Å². The molecule has 1 heterocycles. The number of aromatic hydroxyl groups is 1. The number of carboxylic acid groups (broad SMARTS) is 1. The molecule has 0 amide bonds. The van der Waals surface area contributed by atoms with Gasteiger partial charge >= 0.3 is 5.97 Å². The molecule has 2 rings (SSSR count). The average Bonchev–Trinajstić information content (AvgIpc) is 2.56. The first-order valence-corrected chi connectivity index (χ1v) is 4.59. The van der Waals surface area contributed by atoms with E-state index in [9.17, 15) is 14.7 Å². The summed E-state index contributed by atoms with van der Waals surface area (Å²) in [5.41, 5.74) is 0.569. The lowest BCUT2D eigenvalue weighted by Crippen LogP contribution is -2.03. The largest absolute Gasteiger partial charge is 0.506 e. The molecule has 0 saturated heterocycles. The summed E-state index contributed by atoms with van der Waals surface area (Å²) in [4.78, 5) is 22.0. The van der Waals surface area contributed by atoms with Crippen molar-refractivity contribution in [1.29, 1.82) is 0 Å². The van der Waals surface area contributed by atoms with Crippen LogP contribution in [0.1, 0.15) is 22.1 Å². The normalized spacial score (nSPS) is 10.6. The molecule has 0 aliphatic rings. The molecule has 0 spiro atoms. The molecule has 0 saturated carbocycles. The van der Waals surface area contributed by atoms with E-state index >= 15 is 0 Å². The Hall–Kier alpha value is -2.30. The number of fused-ring (bicyclic) bond motifs is 1. The van der Waals surface area contributed by atoms with E-state index in [4.69, 9.17) is 5.11 Å². The standard InChI is InChI=1S/C11H9NO4/c1-6(13)12-5-10(14)8-4-7(11(15)16)2-3-9(8)12/h2-5,14H,1H3,(H,15,16). The first-order chi connectivity index (χ1) is 7.50. The van der Waals surface area contributed by atoms with Crippen molar-refractivity contribution in [3.05, 3.63) is 30.0 Å². The van der Waals surface area contributed by atoms with Crippen LogP contribution in [0.3, 0.4) is 0 Å². The van der Waals surface area contributed by atoms with Crippen molar-refractivity contribution < 1.29 is 19.8 Å². The summed E-state index contributed by atoms with van der Waals surface area (Å²) < 4.78 is 1.27. The molecule has 82 valence electrons. The van der Waals surface area contributed by atoms with Gasteiger partial charge < -0.3 is 10.2 Å². The lowest BCUT2D eigenvalue weighted by molar-refractivity contribution is 0.0697. The predicted molar refractivity (Wildman–Crippen MR) is 56.9 cm³/mol. The third-order valence-electron chi connectivity index (χ3n) is 2.37. The van der Waals surface area contributed by atoms with Crippen molar-refractivity contribution in [3.8, 4) is 5.75 Å². The fourth-order valence-electron chi connectivity index (χ4n) is 1.61. The average molecular weight is 219 g/mol. The highest BCUT2D eigenvalue weighted by atomic mass is 16.4. The van der Waals surface area contributed by atoms with Gasteiger partial charge in [0.2, 0.25) is 5.91 Å². The van der Waals surface area contributed by atoms with Crippen LogP contribution in [0.2, 0.25) is 0 Å². The summed E-state index contributed by atoms with van der Waals surface area (Å²) in [6, 6.07) is 4.23. The van der Waals surface area contributed by atoms with Gasteiger partial charge in [0.25, 0.3) is 0 Å². The van der Waals surface area contributed by atoms with Crippen LogP contribution in [0.25, 0.3) is 10.9 Å². The quantitative estimate of drug-likeness (QED) is 0.765. The van der Waals surface area contributed by atoms with Crippen molar-refractivity contribution in [2.45, 2.75) is 6.92 Å². The van der Waals surface area contributed by atoms with Crippen LogP contribution < -0.4 is 0 Å². The maximum Gasteiger partial charge on any atom is 0.335 e. The number of carboxylic acids is 1. The third-order valence-corrected chi connectivity index (χ3v) is 2.37. The Labute approximate surface area is 90.5 Å². The first kappa shape index (κ1) is 10.2. The maximum absolute atomic E-state index is 11.2. The van der Waals surface area contributed by atoms with Gasteiger partial charge in [0, 0.05) is 12.3 Å². The van der Waals surface area contributed by atoms with Crippen LogP contribution in [0.4, 0.5) is 0 Å². The number of hydrogen-bond acceptors (Lipinski definition) is 3. The number of hydrogen-bond donors (Lipinski definition) is 2. The highest BCUT2D eigenvalue weighted by molar-refractivity contribution is 5.99. The molecule has 16 heavy (non-hydrogen) atoms. The second-order valence-electron chi connectivity index (χ2n) is 3.44. The Morgan fingerprint density at radius 1 is 1.31 bits per heavy atom. The van der Waals surface area contributed by atoms with Crippen LogP contribution in [0, 0.1) is 0 Å². The molecule has 0 radical (unpaired) electrons. The summed E-state index contributed by atoms with van der Waals surface area (Å²) in [6.45, 7) is 1.37. The first-order valence-electron chi connectivity index (χ1n) is 4.59. The highest BCUT2D eigenvalue weighted by Gasteiger charge is 2.12. The molecule has 0 atom stereocenters. The Balaban J connectivity index is 2.76. The van der Waals surface area contributed by atoms with Gasteiger partial charge in [-0.3, -0.25) is 9.36 Å². The zero-order chi connectivity index (χ0) is 11.9. The monoisotopic (exact) mass is 219 g/mol. The molecule has 1 aromatic heterocycles. The molecular formula is C11H9NO4. The minimum Gasteiger partial charge on any atom is -0.506 e. The molecule has 0 bridgehead atoms. The van der Waals surface area contributed by atoms with Crippen molar-refractivity contribution in [3.63, 3.8) is 0 Å². The van der Waals surface area contributed by atoms with Crippen molar-refractivity contribution in [1.82, 2.24) is 4.57 Å². The van der Waals surface area contributed by atoms with Crippen molar-refractivity contribution >= 4 is 22.8 Å². The fraction of sp³-hybridized carbons (Fsp3) is 0.0909. The van der Waals surface area contributed by atoms with Crippen LogP contribution in [-0.2, 0) is 0 Å². The molecule has 0 aliphatic heterocycles. The summed E-state index contributed by atoms with van der Waals surface area (Å²) >= 11 is 0. The predicted octanol–water partition coefficient (Wildman–Crippen LogP) is 1.71. The number of aromatic carboxylic acids is 1. The summed E-state index contributed by atoms with van der Waals surface area (Å²) in [6.07, 6.45) is 1.28. The molecule has 0 fully saturated rings. The number of carbonyl (C=O) groups is 2. The minimum atomic E-state index is -1.07. The van der Waals surface area contributed by atoms with Gasteiger partial charge in [-0.05, 0) is 18.2 Å². The topological polar surface area (TPSA) is 79.5 Å². The van der Waals surface area contributed by atoms with Gasteiger partial charge in [-0.2, -0.15) is 0 Å². The molecule has 0 unspecified atom stereocenters. The number of rotatable bonds is 1. The molecule has 5 heteroatoms. The van der Waals surface area contributed by atoms with E-state index in [0.29, 0.717) is 10.9 Å². The third kappa shape index (κ3) is 1.42. The Kier molecular flexibility index (Phi) is 2.16. The number of nitrogens with zero attached hydrogens (tertiary/aromatic N) is 1. The van der Waals surface area contributed by atoms with E-state index in [1.54, 1.807) is 0 Å². The zero-order valence-corrected chi connectivity index (χ0v) is 8.47. The van der Waals surface area contributed by atoms with Gasteiger partial charge in [0.15, 0.2) is 0 Å². The van der Waals surface area contributed by atoms with Gasteiger partial charge in [-0.15, -0.1) is 0 Å². The van der Waals surface area contributed by atoms with Gasteiger partial charge in [0.1, 0.15) is 5.75 Å². The molecule has 2 N–H and O–H groups in total. The maximum atomic E-state index is 11.2. The molecule has 5 nitrogen and oxygen atoms in total. The zero-order valence-electron chi connectivity index (χ0n) is 8.47. The Bertz CT molecular complexity index is 597. The van der Waals surface area contributed by atoms with Gasteiger partial charge in [-0.1, -0.05) is 0 Å². The smallest absolute Gasteiger partial charge is 0.335 e. The van der Waals surface area contributed by atoms with E-state index in [1.165, 1.54) is 35.9 Å². The second kappa shape index (κ2) is 3.37. The lowest BCUT2D eigenvalue weighted by atomic mass is 10.1. The molecule has 1 aromatic carbocycles. The SMILES string of the molecule is CC(=O)n1cc(O)c2cc(C(=O)O)ccc21. The molecule has 0 aliphatic carbocycles. The number of benzene rings is 1. The van der Waals surface area contributed by atoms with Crippen molar-refractivity contribution in [2.75, 3.05) is 0 Å².